The van der Waals surface area contributed by atoms with Gasteiger partial charge in [-0.25, -0.2) is 0 Å². The Labute approximate surface area is 137 Å². The first-order valence-electron chi connectivity index (χ1n) is 6.99. The highest BCUT2D eigenvalue weighted by molar-refractivity contribution is 6.30. The van der Waals surface area contributed by atoms with Crippen LogP contribution in [-0.2, 0) is 11.3 Å². The van der Waals surface area contributed by atoms with E-state index in [1.807, 2.05) is 30.3 Å². The monoisotopic (exact) mass is 331 g/mol. The second kappa shape index (κ2) is 6.62. The zero-order chi connectivity index (χ0) is 16.2. The van der Waals surface area contributed by atoms with Crippen molar-refractivity contribution in [2.75, 3.05) is 0 Å². The Morgan fingerprint density at radius 3 is 2.87 bits per heavy atom. The molecule has 1 atom stereocenters. The molecule has 0 spiro atoms. The van der Waals surface area contributed by atoms with Gasteiger partial charge < -0.3 is 9.84 Å². The summed E-state index contributed by atoms with van der Waals surface area (Å²) in [6.07, 6.45) is 3.07. The van der Waals surface area contributed by atoms with Gasteiger partial charge in [-0.15, -0.1) is 0 Å². The highest BCUT2D eigenvalue weighted by Gasteiger charge is 2.16. The number of nitrogens with one attached hydrogen (secondary N) is 1. The number of carbonyl (C=O) groups is 1. The summed E-state index contributed by atoms with van der Waals surface area (Å²) in [4.78, 5) is 16.4. The fraction of sp³-hybridized carbons (Fsp3) is 0.200. The Morgan fingerprint density at radius 2 is 2.17 bits per heavy atom. The van der Waals surface area contributed by atoms with Gasteiger partial charge in [-0.1, -0.05) is 35.0 Å². The number of aromatic nitrogens is 4. The highest BCUT2D eigenvalue weighted by atomic mass is 35.5. The third kappa shape index (κ3) is 3.57. The molecule has 118 valence electrons. The summed E-state index contributed by atoms with van der Waals surface area (Å²) in [7, 11) is 0. The minimum Gasteiger partial charge on any atom is -0.347 e. The molecule has 2 heterocycles. The van der Waals surface area contributed by atoms with E-state index in [0.29, 0.717) is 16.7 Å². The van der Waals surface area contributed by atoms with Crippen molar-refractivity contribution >= 4 is 17.5 Å². The molecule has 1 amide bonds. The SMILES string of the molecule is CC(C(=O)NCc1noc(-c2ccccc2)n1)n1cc(Cl)cn1. The third-order valence-corrected chi connectivity index (χ3v) is 3.45. The number of carbonyl (C=O) groups excluding carboxylic acids is 1. The first-order valence-corrected chi connectivity index (χ1v) is 7.36. The third-order valence-electron chi connectivity index (χ3n) is 3.26. The van der Waals surface area contributed by atoms with Gasteiger partial charge in [0.05, 0.1) is 17.8 Å². The van der Waals surface area contributed by atoms with Crippen molar-refractivity contribution in [3.8, 4) is 11.5 Å². The molecule has 23 heavy (non-hydrogen) atoms. The lowest BCUT2D eigenvalue weighted by Crippen LogP contribution is -2.31. The Morgan fingerprint density at radius 1 is 1.39 bits per heavy atom. The van der Waals surface area contributed by atoms with Crippen LogP contribution in [-0.4, -0.2) is 25.8 Å². The number of nitrogens with zero attached hydrogens (tertiary/aromatic N) is 4. The lowest BCUT2D eigenvalue weighted by atomic mass is 10.2. The van der Waals surface area contributed by atoms with E-state index in [4.69, 9.17) is 16.1 Å². The highest BCUT2D eigenvalue weighted by Crippen LogP contribution is 2.16. The van der Waals surface area contributed by atoms with E-state index < -0.39 is 6.04 Å². The second-order valence-corrected chi connectivity index (χ2v) is 5.35. The van der Waals surface area contributed by atoms with Crippen molar-refractivity contribution in [1.29, 1.82) is 0 Å². The van der Waals surface area contributed by atoms with Crippen LogP contribution in [0.5, 0.6) is 0 Å². The zero-order valence-corrected chi connectivity index (χ0v) is 13.1. The molecule has 7 nitrogen and oxygen atoms in total. The van der Waals surface area contributed by atoms with Crippen molar-refractivity contribution in [2.45, 2.75) is 19.5 Å². The van der Waals surface area contributed by atoms with Crippen LogP contribution in [0.15, 0.2) is 47.2 Å². The number of amides is 1. The normalized spacial score (nSPS) is 12.1. The van der Waals surface area contributed by atoms with Gasteiger partial charge in [-0.2, -0.15) is 10.1 Å². The smallest absolute Gasteiger partial charge is 0.257 e. The molecule has 0 aliphatic heterocycles. The van der Waals surface area contributed by atoms with Crippen molar-refractivity contribution in [2.24, 2.45) is 0 Å². The van der Waals surface area contributed by atoms with E-state index in [1.54, 1.807) is 13.1 Å². The van der Waals surface area contributed by atoms with E-state index in [0.717, 1.165) is 5.56 Å². The molecule has 0 saturated carbocycles. The largest absolute Gasteiger partial charge is 0.347 e. The average Bonchev–Trinajstić information content (AvgIpc) is 3.22. The maximum atomic E-state index is 12.1. The summed E-state index contributed by atoms with van der Waals surface area (Å²) >= 11 is 5.80. The molecule has 3 aromatic rings. The summed E-state index contributed by atoms with van der Waals surface area (Å²) in [5, 5.41) is 11.1. The van der Waals surface area contributed by atoms with Crippen molar-refractivity contribution in [3.63, 3.8) is 0 Å². The van der Waals surface area contributed by atoms with Gasteiger partial charge in [0.2, 0.25) is 5.91 Å². The van der Waals surface area contributed by atoms with Gasteiger partial charge >= 0.3 is 0 Å². The first kappa shape index (κ1) is 15.2. The topological polar surface area (TPSA) is 85.8 Å². The van der Waals surface area contributed by atoms with Gasteiger partial charge in [0.25, 0.3) is 5.89 Å². The standard InChI is InChI=1S/C15H14ClN5O2/c1-10(21-9-12(16)7-18-21)14(22)17-8-13-19-15(23-20-13)11-5-3-2-4-6-11/h2-7,9-10H,8H2,1H3,(H,17,22). The average molecular weight is 332 g/mol. The molecular formula is C15H14ClN5O2. The fourth-order valence-electron chi connectivity index (χ4n) is 1.98. The first-order chi connectivity index (χ1) is 11.1. The summed E-state index contributed by atoms with van der Waals surface area (Å²) in [6, 6.07) is 8.95. The van der Waals surface area contributed by atoms with Crippen LogP contribution in [0.25, 0.3) is 11.5 Å². The summed E-state index contributed by atoms with van der Waals surface area (Å²) in [5.74, 6) is 0.612. The molecule has 3 rings (SSSR count). The van der Waals surface area contributed by atoms with E-state index in [2.05, 4.69) is 20.6 Å². The molecule has 0 saturated heterocycles. The fourth-order valence-corrected chi connectivity index (χ4v) is 2.13. The summed E-state index contributed by atoms with van der Waals surface area (Å²) < 4.78 is 6.67. The maximum Gasteiger partial charge on any atom is 0.257 e. The summed E-state index contributed by atoms with van der Waals surface area (Å²) in [6.45, 7) is 1.90. The van der Waals surface area contributed by atoms with Crippen molar-refractivity contribution < 1.29 is 9.32 Å². The van der Waals surface area contributed by atoms with E-state index >= 15 is 0 Å². The zero-order valence-electron chi connectivity index (χ0n) is 12.3. The molecule has 1 aromatic carbocycles. The Kier molecular flexibility index (Phi) is 4.38. The van der Waals surface area contributed by atoms with Gasteiger partial charge in [-0.3, -0.25) is 9.48 Å². The lowest BCUT2D eigenvalue weighted by Gasteiger charge is -2.11. The predicted octanol–water partition coefficient (Wildman–Crippen LogP) is 2.46. The molecule has 0 bridgehead atoms. The van der Waals surface area contributed by atoms with Crippen molar-refractivity contribution in [3.05, 3.63) is 53.6 Å². The van der Waals surface area contributed by atoms with Crippen LogP contribution in [0, 0.1) is 0 Å². The van der Waals surface area contributed by atoms with E-state index in [-0.39, 0.29) is 12.5 Å². The van der Waals surface area contributed by atoms with Crippen LogP contribution in [0.2, 0.25) is 5.02 Å². The molecule has 2 aromatic heterocycles. The minimum absolute atomic E-state index is 0.175. The molecule has 0 fully saturated rings. The molecule has 1 unspecified atom stereocenters. The number of rotatable bonds is 5. The Bertz CT molecular complexity index is 799. The van der Waals surface area contributed by atoms with Gasteiger partial charge in [0.15, 0.2) is 5.82 Å². The Hall–Kier alpha value is -2.67. The molecule has 0 aliphatic carbocycles. The van der Waals surface area contributed by atoms with Gasteiger partial charge in [-0.05, 0) is 19.1 Å². The molecule has 1 N–H and O–H groups in total. The van der Waals surface area contributed by atoms with Crippen LogP contribution in [0.3, 0.4) is 0 Å². The molecule has 8 heteroatoms. The van der Waals surface area contributed by atoms with Gasteiger partial charge in [0.1, 0.15) is 6.04 Å². The number of hydrogen-bond acceptors (Lipinski definition) is 5. The van der Waals surface area contributed by atoms with E-state index in [9.17, 15) is 4.79 Å². The number of benzene rings is 1. The van der Waals surface area contributed by atoms with E-state index in [1.165, 1.54) is 10.9 Å². The minimum atomic E-state index is -0.483. The predicted molar refractivity (Wildman–Crippen MR) is 83.5 cm³/mol. The maximum absolute atomic E-state index is 12.1. The molecular weight excluding hydrogens is 318 g/mol. The summed E-state index contributed by atoms with van der Waals surface area (Å²) in [5.41, 5.74) is 0.831. The molecule has 0 aliphatic rings. The molecule has 0 radical (unpaired) electrons. The second-order valence-electron chi connectivity index (χ2n) is 4.91. The van der Waals surface area contributed by atoms with Crippen LogP contribution < -0.4 is 5.32 Å². The van der Waals surface area contributed by atoms with Crippen LogP contribution >= 0.6 is 11.6 Å². The lowest BCUT2D eigenvalue weighted by molar-refractivity contribution is -0.124. The number of hydrogen-bond donors (Lipinski definition) is 1. The van der Waals surface area contributed by atoms with Crippen molar-refractivity contribution in [1.82, 2.24) is 25.2 Å². The van der Waals surface area contributed by atoms with Crippen LogP contribution in [0.1, 0.15) is 18.8 Å². The Balaban J connectivity index is 1.60. The van der Waals surface area contributed by atoms with Crippen LogP contribution in [0.4, 0.5) is 0 Å². The van der Waals surface area contributed by atoms with Gasteiger partial charge in [0, 0.05) is 11.8 Å². The quantitative estimate of drug-likeness (QED) is 0.776. The number of halogens is 1.